The summed E-state index contributed by atoms with van der Waals surface area (Å²) < 4.78 is 10.5. The average molecular weight is 288 g/mol. The number of hydrogen-bond donors (Lipinski definition) is 2. The summed E-state index contributed by atoms with van der Waals surface area (Å²) >= 11 is 0. The molecule has 0 unspecified atom stereocenters. The van der Waals surface area contributed by atoms with Crippen LogP contribution >= 0.6 is 0 Å². The van der Waals surface area contributed by atoms with Crippen molar-refractivity contribution in [1.82, 2.24) is 4.98 Å². The minimum Gasteiger partial charge on any atom is -0.494 e. The van der Waals surface area contributed by atoms with Crippen LogP contribution in [0.1, 0.15) is 6.92 Å². The van der Waals surface area contributed by atoms with Gasteiger partial charge in [0.05, 0.1) is 6.61 Å². The van der Waals surface area contributed by atoms with Crippen LogP contribution in [0.2, 0.25) is 0 Å². The highest BCUT2D eigenvalue weighted by molar-refractivity contribution is 5.91. The number of carbonyl (C=O) groups is 1. The molecule has 0 saturated carbocycles. The van der Waals surface area contributed by atoms with Gasteiger partial charge >= 0.3 is 0 Å². The fraction of sp³-hybridized carbons (Fsp3) is 0.200. The first-order chi connectivity index (χ1) is 10.2. The maximum atomic E-state index is 11.7. The molecule has 0 fully saturated rings. The van der Waals surface area contributed by atoms with Crippen LogP contribution in [0.15, 0.2) is 47.4 Å². The number of hydrogen-bond acceptors (Lipinski definition) is 4. The number of ether oxygens (including phenoxy) is 2. The zero-order valence-corrected chi connectivity index (χ0v) is 11.6. The summed E-state index contributed by atoms with van der Waals surface area (Å²) in [6.07, 6.45) is 1.50. The van der Waals surface area contributed by atoms with E-state index in [-0.39, 0.29) is 23.8 Å². The van der Waals surface area contributed by atoms with Crippen molar-refractivity contribution in [2.24, 2.45) is 0 Å². The van der Waals surface area contributed by atoms with Crippen LogP contribution in [0.5, 0.6) is 11.5 Å². The summed E-state index contributed by atoms with van der Waals surface area (Å²) in [5.74, 6) is 0.504. The van der Waals surface area contributed by atoms with Gasteiger partial charge in [0, 0.05) is 11.9 Å². The third-order valence-corrected chi connectivity index (χ3v) is 2.59. The standard InChI is InChI=1S/C15H16N2O4/c1-2-20-12-7-5-11(6-8-12)17-14(18)10-21-13-4-3-9-16-15(13)19/h3-9H,2,10H2,1H3,(H,16,19)(H,17,18). The predicted octanol–water partition coefficient (Wildman–Crippen LogP) is 1.79. The smallest absolute Gasteiger partial charge is 0.290 e. The van der Waals surface area contributed by atoms with Crippen molar-refractivity contribution in [2.75, 3.05) is 18.5 Å². The number of anilines is 1. The lowest BCUT2D eigenvalue weighted by atomic mass is 10.3. The summed E-state index contributed by atoms with van der Waals surface area (Å²) in [6, 6.07) is 10.1. The molecule has 1 heterocycles. The number of aromatic nitrogens is 1. The van der Waals surface area contributed by atoms with Crippen molar-refractivity contribution in [1.29, 1.82) is 0 Å². The molecule has 1 aromatic heterocycles. The second kappa shape index (κ2) is 7.14. The van der Waals surface area contributed by atoms with Crippen LogP contribution in [0.25, 0.3) is 0 Å². The highest BCUT2D eigenvalue weighted by Gasteiger charge is 2.06. The van der Waals surface area contributed by atoms with Crippen LogP contribution in [0, 0.1) is 0 Å². The van der Waals surface area contributed by atoms with E-state index < -0.39 is 0 Å². The fourth-order valence-corrected chi connectivity index (χ4v) is 1.66. The summed E-state index contributed by atoms with van der Waals surface area (Å²) in [7, 11) is 0. The van der Waals surface area contributed by atoms with Crippen molar-refractivity contribution in [3.05, 3.63) is 52.9 Å². The number of nitrogens with one attached hydrogen (secondary N) is 2. The van der Waals surface area contributed by atoms with Gasteiger partial charge in [-0.2, -0.15) is 0 Å². The lowest BCUT2D eigenvalue weighted by molar-refractivity contribution is -0.118. The first-order valence-corrected chi connectivity index (χ1v) is 6.52. The van der Waals surface area contributed by atoms with Gasteiger partial charge in [-0.25, -0.2) is 0 Å². The molecule has 0 aliphatic heterocycles. The highest BCUT2D eigenvalue weighted by atomic mass is 16.5. The summed E-state index contributed by atoms with van der Waals surface area (Å²) in [5, 5.41) is 2.67. The first kappa shape index (κ1) is 14.6. The molecule has 0 radical (unpaired) electrons. The van der Waals surface area contributed by atoms with Gasteiger partial charge in [0.2, 0.25) is 0 Å². The molecule has 1 amide bonds. The van der Waals surface area contributed by atoms with Crippen LogP contribution < -0.4 is 20.3 Å². The molecule has 2 aromatic rings. The Labute approximate surface area is 121 Å². The number of pyridine rings is 1. The number of amides is 1. The lowest BCUT2D eigenvalue weighted by Gasteiger charge is -2.08. The van der Waals surface area contributed by atoms with Crippen molar-refractivity contribution < 1.29 is 14.3 Å². The van der Waals surface area contributed by atoms with E-state index in [4.69, 9.17) is 9.47 Å². The van der Waals surface area contributed by atoms with E-state index in [1.807, 2.05) is 6.92 Å². The lowest BCUT2D eigenvalue weighted by Crippen LogP contribution is -2.22. The molecular formula is C15H16N2O4. The SMILES string of the molecule is CCOc1ccc(NC(=O)COc2ccc[nH]c2=O)cc1. The quantitative estimate of drug-likeness (QED) is 0.849. The van der Waals surface area contributed by atoms with Gasteiger partial charge in [-0.15, -0.1) is 0 Å². The molecule has 6 nitrogen and oxygen atoms in total. The Balaban J connectivity index is 1.87. The monoisotopic (exact) mass is 288 g/mol. The Hall–Kier alpha value is -2.76. The zero-order valence-electron chi connectivity index (χ0n) is 11.6. The van der Waals surface area contributed by atoms with E-state index in [9.17, 15) is 9.59 Å². The summed E-state index contributed by atoms with van der Waals surface area (Å²) in [5.41, 5.74) is 0.264. The molecule has 0 atom stereocenters. The second-order valence-electron chi connectivity index (χ2n) is 4.16. The van der Waals surface area contributed by atoms with E-state index in [1.165, 1.54) is 12.3 Å². The molecule has 21 heavy (non-hydrogen) atoms. The number of aromatic amines is 1. The van der Waals surface area contributed by atoms with Gasteiger partial charge in [0.1, 0.15) is 5.75 Å². The van der Waals surface area contributed by atoms with Crippen LogP contribution in [-0.4, -0.2) is 24.1 Å². The Bertz CT molecular complexity index is 649. The number of rotatable bonds is 6. The minimum atomic E-state index is -0.369. The third kappa shape index (κ3) is 4.38. The molecule has 2 rings (SSSR count). The fourth-order valence-electron chi connectivity index (χ4n) is 1.66. The maximum absolute atomic E-state index is 11.7. The minimum absolute atomic E-state index is 0.111. The molecule has 0 saturated heterocycles. The second-order valence-corrected chi connectivity index (χ2v) is 4.16. The predicted molar refractivity (Wildman–Crippen MR) is 78.8 cm³/mol. The molecule has 0 spiro atoms. The molecule has 0 bridgehead atoms. The van der Waals surface area contributed by atoms with Gasteiger partial charge in [0.15, 0.2) is 12.4 Å². The van der Waals surface area contributed by atoms with Crippen molar-refractivity contribution in [3.63, 3.8) is 0 Å². The van der Waals surface area contributed by atoms with E-state index in [2.05, 4.69) is 10.3 Å². The maximum Gasteiger partial charge on any atom is 0.290 e. The van der Waals surface area contributed by atoms with Gasteiger partial charge in [-0.3, -0.25) is 9.59 Å². The number of benzene rings is 1. The van der Waals surface area contributed by atoms with Crippen molar-refractivity contribution >= 4 is 11.6 Å². The van der Waals surface area contributed by atoms with E-state index in [1.54, 1.807) is 30.3 Å². The zero-order chi connectivity index (χ0) is 15.1. The first-order valence-electron chi connectivity index (χ1n) is 6.52. The molecule has 1 aromatic carbocycles. The summed E-state index contributed by atoms with van der Waals surface area (Å²) in [6.45, 7) is 2.25. The highest BCUT2D eigenvalue weighted by Crippen LogP contribution is 2.15. The van der Waals surface area contributed by atoms with Gasteiger partial charge < -0.3 is 19.8 Å². The van der Waals surface area contributed by atoms with Crippen molar-refractivity contribution in [3.8, 4) is 11.5 Å². The van der Waals surface area contributed by atoms with Crippen LogP contribution in [0.4, 0.5) is 5.69 Å². The molecule has 6 heteroatoms. The molecule has 2 N–H and O–H groups in total. The van der Waals surface area contributed by atoms with Crippen LogP contribution in [-0.2, 0) is 4.79 Å². The molecule has 110 valence electrons. The Morgan fingerprint density at radius 3 is 2.62 bits per heavy atom. The Kier molecular flexibility index (Phi) is 4.98. The molecule has 0 aliphatic rings. The summed E-state index contributed by atoms with van der Waals surface area (Å²) in [4.78, 5) is 25.6. The Morgan fingerprint density at radius 2 is 1.95 bits per heavy atom. The number of H-pyrrole nitrogens is 1. The van der Waals surface area contributed by atoms with Crippen LogP contribution in [0.3, 0.4) is 0 Å². The average Bonchev–Trinajstić information content (AvgIpc) is 2.49. The van der Waals surface area contributed by atoms with E-state index in [0.29, 0.717) is 12.3 Å². The van der Waals surface area contributed by atoms with E-state index >= 15 is 0 Å². The molecule has 0 aliphatic carbocycles. The largest absolute Gasteiger partial charge is 0.494 e. The normalized spacial score (nSPS) is 9.95. The Morgan fingerprint density at radius 1 is 1.19 bits per heavy atom. The molecular weight excluding hydrogens is 272 g/mol. The van der Waals surface area contributed by atoms with E-state index in [0.717, 1.165) is 5.75 Å². The number of carbonyl (C=O) groups excluding carboxylic acids is 1. The van der Waals surface area contributed by atoms with Gasteiger partial charge in [-0.1, -0.05) is 0 Å². The third-order valence-electron chi connectivity index (χ3n) is 2.59. The van der Waals surface area contributed by atoms with Gasteiger partial charge in [-0.05, 0) is 43.3 Å². The van der Waals surface area contributed by atoms with Gasteiger partial charge in [0.25, 0.3) is 11.5 Å². The topological polar surface area (TPSA) is 80.4 Å². The van der Waals surface area contributed by atoms with Crippen molar-refractivity contribution in [2.45, 2.75) is 6.92 Å².